The summed E-state index contributed by atoms with van der Waals surface area (Å²) in [5, 5.41) is 18.8. The third-order valence-corrected chi connectivity index (χ3v) is 7.92. The summed E-state index contributed by atoms with van der Waals surface area (Å²) in [6.07, 6.45) is -1.18. The number of fused-ring (bicyclic) bond motifs is 2. The molecule has 1 aliphatic rings. The third-order valence-electron chi connectivity index (χ3n) is 7.92. The first-order valence-corrected chi connectivity index (χ1v) is 13.5. The predicted octanol–water partition coefficient (Wildman–Crippen LogP) is 5.60. The van der Waals surface area contributed by atoms with Gasteiger partial charge in [-0.15, -0.1) is 0 Å². The van der Waals surface area contributed by atoms with Crippen molar-refractivity contribution in [2.45, 2.75) is 32.0 Å². The van der Waals surface area contributed by atoms with E-state index in [0.717, 1.165) is 12.1 Å². The molecule has 0 spiro atoms. The first-order valence-electron chi connectivity index (χ1n) is 13.5. The van der Waals surface area contributed by atoms with Crippen LogP contribution in [0.15, 0.2) is 65.3 Å². The van der Waals surface area contributed by atoms with Gasteiger partial charge in [-0.1, -0.05) is 12.1 Å². The van der Waals surface area contributed by atoms with Crippen molar-refractivity contribution in [3.63, 3.8) is 0 Å². The largest absolute Gasteiger partial charge is 0.460 e. The number of furan rings is 1. The third kappa shape index (κ3) is 4.87. The van der Waals surface area contributed by atoms with Crippen molar-refractivity contribution in [2.24, 2.45) is 0 Å². The summed E-state index contributed by atoms with van der Waals surface area (Å²) in [4.78, 5) is 27.4. The molecule has 0 unspecified atom stereocenters. The first-order chi connectivity index (χ1) is 20.4. The number of carbonyl (C=O) groups excluding carboxylic acids is 2. The molecule has 5 aromatic rings. The van der Waals surface area contributed by atoms with Crippen LogP contribution in [0.4, 0.5) is 13.2 Å². The Kier molecular flexibility index (Phi) is 6.68. The minimum atomic E-state index is -4.48. The summed E-state index contributed by atoms with van der Waals surface area (Å²) in [6, 6.07) is 11.2. The minimum absolute atomic E-state index is 0.0692. The van der Waals surface area contributed by atoms with Gasteiger partial charge in [0.15, 0.2) is 5.75 Å². The number of nitrogens with zero attached hydrogens (tertiary/aromatic N) is 3. The monoisotopic (exact) mass is 592 g/mol. The van der Waals surface area contributed by atoms with Crippen LogP contribution in [0.25, 0.3) is 16.5 Å². The molecule has 4 heterocycles. The SMILES string of the molecule is CNC(=O)c1c(C)oc2cc(Oc3ccnn4cc(C(=O)N5CC[C@@](O)(c6ccc(C(F)(F)F)cc6)C5)c(C)c34)ccc12. The average molecular weight is 593 g/mol. The summed E-state index contributed by atoms with van der Waals surface area (Å²) >= 11 is 0. The Morgan fingerprint density at radius 3 is 2.56 bits per heavy atom. The highest BCUT2D eigenvalue weighted by atomic mass is 19.4. The molecule has 0 bridgehead atoms. The Balaban J connectivity index is 1.26. The fraction of sp³-hybridized carbons (Fsp3) is 0.258. The smallest absolute Gasteiger partial charge is 0.416 e. The number of aromatic nitrogens is 2. The fourth-order valence-electron chi connectivity index (χ4n) is 5.66. The van der Waals surface area contributed by atoms with Gasteiger partial charge in [0.1, 0.15) is 28.2 Å². The number of β-amino-alcohol motifs (C(OH)–C–C–N with tert-alkyl or cyclic N) is 1. The molecule has 1 aliphatic heterocycles. The van der Waals surface area contributed by atoms with Crippen LogP contribution in [0.5, 0.6) is 11.5 Å². The zero-order chi connectivity index (χ0) is 30.7. The van der Waals surface area contributed by atoms with E-state index in [1.165, 1.54) is 27.7 Å². The maximum atomic E-state index is 13.6. The van der Waals surface area contributed by atoms with Gasteiger partial charge in [0, 0.05) is 37.3 Å². The van der Waals surface area contributed by atoms with E-state index in [-0.39, 0.29) is 31.3 Å². The van der Waals surface area contributed by atoms with Gasteiger partial charge in [0.2, 0.25) is 0 Å². The molecule has 0 aliphatic carbocycles. The maximum absolute atomic E-state index is 13.6. The summed E-state index contributed by atoms with van der Waals surface area (Å²) < 4.78 is 52.5. The molecule has 0 radical (unpaired) electrons. The van der Waals surface area contributed by atoms with Crippen molar-refractivity contribution in [1.29, 1.82) is 0 Å². The topological polar surface area (TPSA) is 109 Å². The number of amides is 2. The second kappa shape index (κ2) is 10.2. The van der Waals surface area contributed by atoms with Crippen LogP contribution in [0.3, 0.4) is 0 Å². The number of aliphatic hydroxyl groups is 1. The molecule has 0 saturated carbocycles. The number of nitrogens with one attached hydrogen (secondary N) is 1. The molecule has 3 aromatic heterocycles. The van der Waals surface area contributed by atoms with Crippen molar-refractivity contribution < 1.29 is 37.0 Å². The molecule has 1 atom stereocenters. The number of hydrogen-bond donors (Lipinski definition) is 2. The number of likely N-dealkylation sites (tertiary alicyclic amines) is 1. The van der Waals surface area contributed by atoms with E-state index < -0.39 is 17.3 Å². The Hall–Kier alpha value is -4.84. The van der Waals surface area contributed by atoms with Crippen molar-refractivity contribution in [1.82, 2.24) is 19.8 Å². The van der Waals surface area contributed by atoms with Gasteiger partial charge in [0.25, 0.3) is 11.8 Å². The van der Waals surface area contributed by atoms with Gasteiger partial charge in [-0.05, 0) is 55.7 Å². The van der Waals surface area contributed by atoms with Gasteiger partial charge >= 0.3 is 6.18 Å². The van der Waals surface area contributed by atoms with Crippen LogP contribution < -0.4 is 10.1 Å². The van der Waals surface area contributed by atoms with Crippen LogP contribution >= 0.6 is 0 Å². The van der Waals surface area contributed by atoms with Crippen LogP contribution in [0, 0.1) is 13.8 Å². The molecule has 9 nitrogen and oxygen atoms in total. The van der Waals surface area contributed by atoms with Crippen LogP contribution in [0.2, 0.25) is 0 Å². The molecule has 1 saturated heterocycles. The van der Waals surface area contributed by atoms with Crippen LogP contribution in [-0.2, 0) is 11.8 Å². The summed E-state index contributed by atoms with van der Waals surface area (Å²) in [7, 11) is 1.55. The first kappa shape index (κ1) is 28.3. The number of halogens is 3. The number of hydrogen-bond acceptors (Lipinski definition) is 6. The Labute approximate surface area is 243 Å². The van der Waals surface area contributed by atoms with Crippen molar-refractivity contribution in [3.8, 4) is 11.5 Å². The molecular weight excluding hydrogens is 565 g/mol. The highest BCUT2D eigenvalue weighted by Crippen LogP contribution is 2.37. The van der Waals surface area contributed by atoms with E-state index >= 15 is 0 Å². The maximum Gasteiger partial charge on any atom is 0.416 e. The lowest BCUT2D eigenvalue weighted by Gasteiger charge is -2.24. The fourth-order valence-corrected chi connectivity index (χ4v) is 5.66. The van der Waals surface area contributed by atoms with E-state index in [9.17, 15) is 27.9 Å². The van der Waals surface area contributed by atoms with E-state index in [1.54, 1.807) is 51.4 Å². The van der Waals surface area contributed by atoms with Crippen molar-refractivity contribution >= 4 is 28.3 Å². The standard InChI is InChI=1S/C31H27F3N4O5/c1-17-23(29(40)37-13-11-30(41,16-37)19-4-6-20(7-5-19)31(32,33)34)15-38-27(17)24(10-12-36-38)43-21-8-9-22-25(14-21)42-18(2)26(22)28(39)35-3/h4-10,12,14-15,41H,11,13,16H2,1-3H3,(H,35,39)/t30-/m0/s1. The molecule has 2 N–H and O–H groups in total. The number of rotatable bonds is 5. The van der Waals surface area contributed by atoms with Gasteiger partial charge < -0.3 is 24.5 Å². The Bertz CT molecular complexity index is 1890. The van der Waals surface area contributed by atoms with Gasteiger partial charge in [-0.3, -0.25) is 9.59 Å². The quantitative estimate of drug-likeness (QED) is 0.275. The molecule has 43 heavy (non-hydrogen) atoms. The highest BCUT2D eigenvalue weighted by Gasteiger charge is 2.41. The van der Waals surface area contributed by atoms with Crippen molar-refractivity contribution in [3.05, 3.63) is 94.5 Å². The Morgan fingerprint density at radius 2 is 1.86 bits per heavy atom. The van der Waals surface area contributed by atoms with E-state index in [4.69, 9.17) is 9.15 Å². The highest BCUT2D eigenvalue weighted by molar-refractivity contribution is 6.07. The number of aryl methyl sites for hydroxylation is 2. The number of alkyl halides is 3. The number of ether oxygens (including phenoxy) is 1. The number of benzene rings is 2. The molecule has 1 fully saturated rings. The van der Waals surface area contributed by atoms with Crippen LogP contribution in [0.1, 0.15) is 49.6 Å². The molecule has 6 rings (SSSR count). The molecular formula is C31H27F3N4O5. The lowest BCUT2D eigenvalue weighted by molar-refractivity contribution is -0.137. The van der Waals surface area contributed by atoms with Gasteiger partial charge in [-0.2, -0.15) is 18.3 Å². The average Bonchev–Trinajstić information content (AvgIpc) is 3.65. The zero-order valence-corrected chi connectivity index (χ0v) is 23.5. The molecule has 12 heteroatoms. The Morgan fingerprint density at radius 1 is 1.12 bits per heavy atom. The second-order valence-corrected chi connectivity index (χ2v) is 10.6. The van der Waals surface area contributed by atoms with Gasteiger partial charge in [0.05, 0.1) is 29.4 Å². The minimum Gasteiger partial charge on any atom is -0.460 e. The molecule has 2 amide bonds. The van der Waals surface area contributed by atoms with Gasteiger partial charge in [-0.25, -0.2) is 4.52 Å². The number of carbonyl (C=O) groups is 2. The lowest BCUT2D eigenvalue weighted by Crippen LogP contribution is -2.34. The summed E-state index contributed by atoms with van der Waals surface area (Å²) in [5.74, 6) is 0.773. The molecule has 222 valence electrons. The van der Waals surface area contributed by atoms with Crippen molar-refractivity contribution in [2.75, 3.05) is 20.1 Å². The predicted molar refractivity (Wildman–Crippen MR) is 150 cm³/mol. The molecule has 2 aromatic carbocycles. The summed E-state index contributed by atoms with van der Waals surface area (Å²) in [5.41, 5.74) is 0.495. The second-order valence-electron chi connectivity index (χ2n) is 10.6. The van der Waals surface area contributed by atoms with E-state index in [1.807, 2.05) is 0 Å². The summed E-state index contributed by atoms with van der Waals surface area (Å²) in [6.45, 7) is 3.63. The normalized spacial score (nSPS) is 17.1. The zero-order valence-electron chi connectivity index (χ0n) is 23.5. The lowest BCUT2D eigenvalue weighted by atomic mass is 9.92. The van der Waals surface area contributed by atoms with Crippen LogP contribution in [-0.4, -0.2) is 51.6 Å². The van der Waals surface area contributed by atoms with E-state index in [0.29, 0.717) is 56.0 Å². The van der Waals surface area contributed by atoms with E-state index in [2.05, 4.69) is 10.4 Å².